The maximum Gasteiger partial charge on any atom is 0.128 e. The van der Waals surface area contributed by atoms with Gasteiger partial charge in [0.25, 0.3) is 0 Å². The number of benzene rings is 1. The van der Waals surface area contributed by atoms with Crippen LogP contribution in [0.25, 0.3) is 0 Å². The molecule has 3 N–H and O–H groups in total. The van der Waals surface area contributed by atoms with Gasteiger partial charge in [-0.25, -0.2) is 0 Å². The monoisotopic (exact) mass is 372 g/mol. The molecular weight excluding hydrogens is 348 g/mol. The van der Waals surface area contributed by atoms with E-state index in [9.17, 15) is 0 Å². The van der Waals surface area contributed by atoms with Gasteiger partial charge in [0.15, 0.2) is 0 Å². The fourth-order valence-electron chi connectivity index (χ4n) is 2.83. The highest BCUT2D eigenvalue weighted by molar-refractivity contribution is 6.30. The lowest BCUT2D eigenvalue weighted by Gasteiger charge is -2.25. The molecule has 0 amide bonds. The summed E-state index contributed by atoms with van der Waals surface area (Å²) in [6.07, 6.45) is 4.06. The Hall–Kier alpha value is -2.53. The van der Waals surface area contributed by atoms with Crippen molar-refractivity contribution in [2.75, 3.05) is 13.7 Å². The smallest absolute Gasteiger partial charge is 0.128 e. The van der Waals surface area contributed by atoms with E-state index >= 15 is 0 Å². The molecule has 0 radical (unpaired) electrons. The van der Waals surface area contributed by atoms with Gasteiger partial charge >= 0.3 is 0 Å². The number of rotatable bonds is 7. The SMILES string of the molecule is COc1c(C)cnc(CN(CCc2ccccc2)C(=N)/C=C(\N)Cl)c1C. The second-order valence-electron chi connectivity index (χ2n) is 6.12. The van der Waals surface area contributed by atoms with Gasteiger partial charge in [-0.15, -0.1) is 0 Å². The van der Waals surface area contributed by atoms with Crippen molar-refractivity contribution < 1.29 is 4.74 Å². The molecule has 2 aromatic rings. The van der Waals surface area contributed by atoms with Crippen LogP contribution in [0, 0.1) is 19.3 Å². The first kappa shape index (κ1) is 19.8. The Balaban J connectivity index is 2.24. The van der Waals surface area contributed by atoms with Crippen molar-refractivity contribution in [3.8, 4) is 5.75 Å². The summed E-state index contributed by atoms with van der Waals surface area (Å²) in [7, 11) is 1.66. The number of ether oxygens (including phenoxy) is 1. The standard InChI is InChI=1S/C20H25ClN4O/c1-14-12-24-17(15(2)20(14)26-3)13-25(19(23)11-18(21)22)10-9-16-7-5-4-6-8-16/h4-8,11-12,23H,9-10,13,22H2,1-3H3/b18-11-,23-19?. The van der Waals surface area contributed by atoms with Gasteiger partial charge in [0, 0.05) is 29.9 Å². The van der Waals surface area contributed by atoms with E-state index in [1.165, 1.54) is 11.6 Å². The van der Waals surface area contributed by atoms with Crippen LogP contribution in [-0.2, 0) is 13.0 Å². The van der Waals surface area contributed by atoms with Crippen LogP contribution in [0.3, 0.4) is 0 Å². The third kappa shape index (κ3) is 5.23. The zero-order chi connectivity index (χ0) is 19.1. The minimum Gasteiger partial charge on any atom is -0.496 e. The normalized spacial score (nSPS) is 11.3. The van der Waals surface area contributed by atoms with E-state index < -0.39 is 0 Å². The number of aryl methyl sites for hydroxylation is 1. The Bertz CT molecular complexity index is 786. The minimum atomic E-state index is 0.0888. The highest BCUT2D eigenvalue weighted by Gasteiger charge is 2.15. The fourth-order valence-corrected chi connectivity index (χ4v) is 2.93. The number of nitrogens with two attached hydrogens (primary N) is 1. The molecule has 0 unspecified atom stereocenters. The van der Waals surface area contributed by atoms with Crippen LogP contribution in [0.5, 0.6) is 5.75 Å². The first-order chi connectivity index (χ1) is 12.4. The second-order valence-corrected chi connectivity index (χ2v) is 6.55. The molecule has 0 aliphatic rings. The van der Waals surface area contributed by atoms with Crippen molar-refractivity contribution in [3.05, 3.63) is 70.1 Å². The van der Waals surface area contributed by atoms with Gasteiger partial charge in [-0.2, -0.15) is 0 Å². The summed E-state index contributed by atoms with van der Waals surface area (Å²) in [5.74, 6) is 1.09. The lowest BCUT2D eigenvalue weighted by Crippen LogP contribution is -2.32. The molecule has 0 saturated carbocycles. The highest BCUT2D eigenvalue weighted by atomic mass is 35.5. The first-order valence-electron chi connectivity index (χ1n) is 8.41. The number of halogens is 1. The number of aromatic nitrogens is 1. The van der Waals surface area contributed by atoms with E-state index in [1.54, 1.807) is 13.3 Å². The molecule has 0 aliphatic heterocycles. The van der Waals surface area contributed by atoms with Crippen LogP contribution in [0.4, 0.5) is 0 Å². The Morgan fingerprint density at radius 1 is 1.31 bits per heavy atom. The molecule has 1 heterocycles. The maximum atomic E-state index is 8.33. The predicted octanol–water partition coefficient (Wildman–Crippen LogP) is 3.77. The van der Waals surface area contributed by atoms with E-state index in [1.807, 2.05) is 36.9 Å². The van der Waals surface area contributed by atoms with E-state index in [0.717, 1.165) is 29.0 Å². The zero-order valence-electron chi connectivity index (χ0n) is 15.4. The van der Waals surface area contributed by atoms with Crippen LogP contribution in [0.2, 0.25) is 0 Å². The molecule has 26 heavy (non-hydrogen) atoms. The fraction of sp³-hybridized carbons (Fsp3) is 0.300. The van der Waals surface area contributed by atoms with Gasteiger partial charge in [0.1, 0.15) is 16.7 Å². The maximum absolute atomic E-state index is 8.33. The third-order valence-electron chi connectivity index (χ3n) is 4.22. The lowest BCUT2D eigenvalue weighted by atomic mass is 10.1. The Morgan fingerprint density at radius 3 is 2.62 bits per heavy atom. The van der Waals surface area contributed by atoms with E-state index in [0.29, 0.717) is 13.1 Å². The number of hydrogen-bond donors (Lipinski definition) is 2. The molecule has 6 heteroatoms. The predicted molar refractivity (Wildman–Crippen MR) is 107 cm³/mol. The summed E-state index contributed by atoms with van der Waals surface area (Å²) in [4.78, 5) is 6.45. The van der Waals surface area contributed by atoms with Crippen LogP contribution in [-0.4, -0.2) is 29.4 Å². The van der Waals surface area contributed by atoms with Crippen LogP contribution in [0.1, 0.15) is 22.4 Å². The van der Waals surface area contributed by atoms with Gasteiger partial charge in [0.2, 0.25) is 0 Å². The molecule has 1 aromatic heterocycles. The van der Waals surface area contributed by atoms with Crippen molar-refractivity contribution in [1.82, 2.24) is 9.88 Å². The number of pyridine rings is 1. The molecule has 1 aromatic carbocycles. The van der Waals surface area contributed by atoms with Crippen molar-refractivity contribution in [3.63, 3.8) is 0 Å². The van der Waals surface area contributed by atoms with Crippen molar-refractivity contribution in [1.29, 1.82) is 5.41 Å². The summed E-state index contributed by atoms with van der Waals surface area (Å²) < 4.78 is 5.49. The Kier molecular flexibility index (Phi) is 7.04. The molecule has 138 valence electrons. The van der Waals surface area contributed by atoms with Gasteiger partial charge in [-0.3, -0.25) is 10.4 Å². The van der Waals surface area contributed by atoms with Gasteiger partial charge in [-0.1, -0.05) is 41.9 Å². The second kappa shape index (κ2) is 9.25. The number of nitrogens with one attached hydrogen (secondary N) is 1. The number of methoxy groups -OCH3 is 1. The van der Waals surface area contributed by atoms with Crippen molar-refractivity contribution >= 4 is 17.4 Å². The molecule has 0 spiro atoms. The molecule has 0 fully saturated rings. The Morgan fingerprint density at radius 2 is 2.00 bits per heavy atom. The number of hydrogen-bond acceptors (Lipinski definition) is 4. The first-order valence-corrected chi connectivity index (χ1v) is 8.79. The third-order valence-corrected chi connectivity index (χ3v) is 4.33. The molecule has 0 aliphatic carbocycles. The van der Waals surface area contributed by atoms with Gasteiger partial charge in [-0.05, 0) is 25.8 Å². The Labute approximate surface area is 160 Å². The topological polar surface area (TPSA) is 75.2 Å². The molecule has 0 bridgehead atoms. The number of nitrogens with zero attached hydrogens (tertiary/aromatic N) is 2. The van der Waals surface area contributed by atoms with E-state index in [2.05, 4.69) is 17.1 Å². The lowest BCUT2D eigenvalue weighted by molar-refractivity contribution is 0.393. The minimum absolute atomic E-state index is 0.0888. The van der Waals surface area contributed by atoms with Crippen molar-refractivity contribution in [2.24, 2.45) is 5.73 Å². The molecule has 2 rings (SSSR count). The largest absolute Gasteiger partial charge is 0.496 e. The van der Waals surface area contributed by atoms with Gasteiger partial charge in [0.05, 0.1) is 19.3 Å². The average molecular weight is 373 g/mol. The zero-order valence-corrected chi connectivity index (χ0v) is 16.2. The van der Waals surface area contributed by atoms with Crippen LogP contribution in [0.15, 0.2) is 47.8 Å². The summed E-state index contributed by atoms with van der Waals surface area (Å²) in [6.45, 7) is 5.09. The van der Waals surface area contributed by atoms with Gasteiger partial charge < -0.3 is 15.4 Å². The molecule has 0 atom stereocenters. The van der Waals surface area contributed by atoms with Crippen LogP contribution >= 0.6 is 11.6 Å². The highest BCUT2D eigenvalue weighted by Crippen LogP contribution is 2.25. The van der Waals surface area contributed by atoms with E-state index in [4.69, 9.17) is 27.5 Å². The van der Waals surface area contributed by atoms with E-state index in [-0.39, 0.29) is 11.0 Å². The summed E-state index contributed by atoms with van der Waals surface area (Å²) >= 11 is 5.77. The van der Waals surface area contributed by atoms with Crippen molar-refractivity contribution in [2.45, 2.75) is 26.8 Å². The quantitative estimate of drug-likeness (QED) is 0.440. The summed E-state index contributed by atoms with van der Waals surface area (Å²) in [5, 5.41) is 8.42. The molecular formula is C20H25ClN4O. The molecule has 5 nitrogen and oxygen atoms in total. The summed E-state index contributed by atoms with van der Waals surface area (Å²) in [6, 6.07) is 10.2. The van der Waals surface area contributed by atoms with Crippen LogP contribution < -0.4 is 10.5 Å². The number of amidine groups is 1. The molecule has 0 saturated heterocycles. The summed E-state index contributed by atoms with van der Waals surface area (Å²) in [5.41, 5.74) is 9.60. The average Bonchev–Trinajstić information content (AvgIpc) is 2.61.